The maximum absolute atomic E-state index is 12.5. The van der Waals surface area contributed by atoms with Gasteiger partial charge in [0, 0.05) is 13.8 Å². The fourth-order valence-corrected chi connectivity index (χ4v) is 6.25. The minimum absolute atomic E-state index is 0.154. The van der Waals surface area contributed by atoms with E-state index >= 15 is 0 Å². The van der Waals surface area contributed by atoms with E-state index in [-0.39, 0.29) is 6.61 Å². The Morgan fingerprint density at radius 2 is 1.29 bits per heavy atom. The molecule has 3 amide bonds. The Hall–Kier alpha value is -3.62. The molecular formula is C33H49N3O19. The molecule has 0 unspecified atom stereocenters. The molecule has 11 N–H and O–H groups in total. The van der Waals surface area contributed by atoms with Crippen LogP contribution in [0.4, 0.5) is 4.79 Å². The van der Waals surface area contributed by atoms with Gasteiger partial charge in [-0.1, -0.05) is 30.3 Å². The number of carbonyl (C=O) groups is 4. The van der Waals surface area contributed by atoms with Gasteiger partial charge in [0.2, 0.25) is 11.8 Å². The van der Waals surface area contributed by atoms with Crippen molar-refractivity contribution < 1.29 is 93.2 Å². The third kappa shape index (κ3) is 11.3. The Balaban J connectivity index is 1.52. The fourth-order valence-electron chi connectivity index (χ4n) is 6.25. The van der Waals surface area contributed by atoms with E-state index in [9.17, 15) is 60.0 Å². The summed E-state index contributed by atoms with van der Waals surface area (Å²) < 4.78 is 39.6. The summed E-state index contributed by atoms with van der Waals surface area (Å²) in [5, 5.41) is 89.9. The zero-order valence-electron chi connectivity index (χ0n) is 30.0. The van der Waals surface area contributed by atoms with Crippen LogP contribution in [-0.2, 0) is 54.1 Å². The highest BCUT2D eigenvalue weighted by atomic mass is 16.7. The largest absolute Gasteiger partial charge is 0.480 e. The first-order valence-electron chi connectivity index (χ1n) is 17.3. The van der Waals surface area contributed by atoms with Gasteiger partial charge in [0.25, 0.3) is 0 Å². The average Bonchev–Trinajstić information content (AvgIpc) is 3.14. The van der Waals surface area contributed by atoms with Gasteiger partial charge in [0.05, 0.1) is 32.0 Å². The number of alkyl carbamates (subject to hydrolysis) is 1. The van der Waals surface area contributed by atoms with E-state index in [1.807, 2.05) is 0 Å². The number of carboxylic acid groups (broad SMARTS) is 1. The van der Waals surface area contributed by atoms with Crippen LogP contribution in [-0.4, -0.2) is 183 Å². The van der Waals surface area contributed by atoms with E-state index < -0.39 is 142 Å². The van der Waals surface area contributed by atoms with Crippen LogP contribution in [0.15, 0.2) is 30.3 Å². The summed E-state index contributed by atoms with van der Waals surface area (Å²) in [7, 11) is 0. The van der Waals surface area contributed by atoms with Crippen LogP contribution in [0.25, 0.3) is 0 Å². The number of hydrogen-bond donors (Lipinski definition) is 11. The molecular weight excluding hydrogens is 742 g/mol. The summed E-state index contributed by atoms with van der Waals surface area (Å²) in [6.45, 7) is 1.23. The molecule has 3 saturated heterocycles. The summed E-state index contributed by atoms with van der Waals surface area (Å²) in [6, 6.07) is 4.40. The minimum Gasteiger partial charge on any atom is -0.480 e. The molecule has 0 bridgehead atoms. The average molecular weight is 792 g/mol. The first-order chi connectivity index (χ1) is 26.1. The Morgan fingerprint density at radius 3 is 1.87 bits per heavy atom. The lowest BCUT2D eigenvalue weighted by atomic mass is 9.93. The normalized spacial score (nSPS) is 36.9. The molecule has 55 heavy (non-hydrogen) atoms. The topological polar surface area (TPSA) is 331 Å². The number of ether oxygens (including phenoxy) is 7. The molecule has 310 valence electrons. The van der Waals surface area contributed by atoms with Crippen molar-refractivity contribution >= 4 is 23.9 Å². The van der Waals surface area contributed by atoms with Gasteiger partial charge in [0.15, 0.2) is 24.9 Å². The van der Waals surface area contributed by atoms with Gasteiger partial charge < -0.3 is 90.0 Å². The molecule has 0 spiro atoms. The second-order valence-corrected chi connectivity index (χ2v) is 13.2. The lowest BCUT2D eigenvalue weighted by Crippen LogP contribution is -2.70. The van der Waals surface area contributed by atoms with Crippen molar-refractivity contribution in [3.63, 3.8) is 0 Å². The smallest absolute Gasteiger partial charge is 0.408 e. The summed E-state index contributed by atoms with van der Waals surface area (Å²) in [4.78, 5) is 49.3. The maximum atomic E-state index is 12.5. The number of rotatable bonds is 15. The molecule has 3 heterocycles. The van der Waals surface area contributed by atoms with E-state index in [4.69, 9.17) is 33.2 Å². The summed E-state index contributed by atoms with van der Waals surface area (Å²) in [5.74, 6) is -2.76. The number of benzene rings is 1. The standard InChI is InChI=1S/C33H49N3O19/c1-13-20(34-14(2)39)28(55-32-26(45)24(43)27(19(10-38)53-32)54-31-25(44)23(42)22(41)18(9-37)52-31)21(35-15(3)40)30(51-13)49-12-17(29(46)47)36-33(48)50-11-16-7-5-4-6-8-16/h4-8,13,17-28,30-32,37-38,41-45H,9-12H2,1-3H3,(H,34,39)(H,35,40)(H,36,48)(H,46,47)/t13-,17+,18-,19-,20+,21-,22+,23+,24-,25-,26-,27+,28+,30+,31+,32-/m1/s1. The number of aliphatic carboxylic acids is 1. The Labute approximate surface area is 314 Å². The van der Waals surface area contributed by atoms with Gasteiger partial charge in [-0.05, 0) is 12.5 Å². The number of aliphatic hydroxyl groups excluding tert-OH is 7. The molecule has 4 rings (SSSR count). The van der Waals surface area contributed by atoms with Gasteiger partial charge >= 0.3 is 12.1 Å². The molecule has 0 radical (unpaired) electrons. The molecule has 0 aromatic heterocycles. The molecule has 22 nitrogen and oxygen atoms in total. The van der Waals surface area contributed by atoms with E-state index in [1.165, 1.54) is 13.8 Å². The van der Waals surface area contributed by atoms with Gasteiger partial charge in [-0.25, -0.2) is 9.59 Å². The van der Waals surface area contributed by atoms with Crippen molar-refractivity contribution in [3.8, 4) is 0 Å². The van der Waals surface area contributed by atoms with Crippen molar-refractivity contribution in [2.45, 2.75) is 125 Å². The number of aliphatic hydroxyl groups is 7. The molecule has 1 aromatic carbocycles. The molecule has 3 aliphatic rings. The third-order valence-corrected chi connectivity index (χ3v) is 9.08. The molecule has 0 aliphatic carbocycles. The van der Waals surface area contributed by atoms with E-state index in [2.05, 4.69) is 16.0 Å². The van der Waals surface area contributed by atoms with Crippen LogP contribution in [0, 0.1) is 0 Å². The van der Waals surface area contributed by atoms with Gasteiger partial charge in [-0.2, -0.15) is 0 Å². The van der Waals surface area contributed by atoms with Gasteiger partial charge in [-0.15, -0.1) is 0 Å². The van der Waals surface area contributed by atoms with E-state index in [0.29, 0.717) is 5.56 Å². The summed E-state index contributed by atoms with van der Waals surface area (Å²) >= 11 is 0. The Morgan fingerprint density at radius 1 is 0.727 bits per heavy atom. The molecule has 3 fully saturated rings. The highest BCUT2D eigenvalue weighted by molar-refractivity contribution is 5.80. The Kier molecular flexibility index (Phi) is 16.0. The minimum atomic E-state index is -2.01. The van der Waals surface area contributed by atoms with Crippen LogP contribution < -0.4 is 16.0 Å². The highest BCUT2D eigenvalue weighted by Gasteiger charge is 2.54. The van der Waals surface area contributed by atoms with Crippen molar-refractivity contribution in [2.24, 2.45) is 0 Å². The molecule has 1 aromatic rings. The van der Waals surface area contributed by atoms with Crippen LogP contribution >= 0.6 is 0 Å². The predicted octanol–water partition coefficient (Wildman–Crippen LogP) is -4.85. The number of nitrogens with one attached hydrogen (secondary N) is 3. The SMILES string of the molecule is CC(=O)N[C@@H]1[C@H](O[C@H]2O[C@H](CO)[C@H](O[C@@H]3O[C@H](CO)[C@H](O)[C@H](O)[C@H]3O)[C@H](O)[C@H]2O)[C@@H](NC(C)=O)[C@@H](OC[C@H](NC(=O)OCc2ccccc2)C(=O)O)O[C@@H]1C. The molecule has 16 atom stereocenters. The molecule has 3 aliphatic heterocycles. The monoisotopic (exact) mass is 791 g/mol. The van der Waals surface area contributed by atoms with Gasteiger partial charge in [0.1, 0.15) is 67.6 Å². The van der Waals surface area contributed by atoms with Crippen LogP contribution in [0.1, 0.15) is 26.3 Å². The predicted molar refractivity (Wildman–Crippen MR) is 178 cm³/mol. The molecule has 0 saturated carbocycles. The lowest BCUT2D eigenvalue weighted by molar-refractivity contribution is -0.368. The lowest BCUT2D eigenvalue weighted by Gasteiger charge is -2.49. The summed E-state index contributed by atoms with van der Waals surface area (Å²) in [5.41, 5.74) is 0.644. The molecule has 22 heteroatoms. The van der Waals surface area contributed by atoms with Crippen molar-refractivity contribution in [1.29, 1.82) is 0 Å². The number of carbonyl (C=O) groups excluding carboxylic acids is 3. The van der Waals surface area contributed by atoms with Crippen molar-refractivity contribution in [1.82, 2.24) is 16.0 Å². The second kappa shape index (κ2) is 20.0. The zero-order valence-corrected chi connectivity index (χ0v) is 30.0. The zero-order chi connectivity index (χ0) is 40.6. The first-order valence-corrected chi connectivity index (χ1v) is 17.3. The third-order valence-electron chi connectivity index (χ3n) is 9.08. The van der Waals surface area contributed by atoms with Crippen LogP contribution in [0.3, 0.4) is 0 Å². The van der Waals surface area contributed by atoms with Gasteiger partial charge in [-0.3, -0.25) is 9.59 Å². The number of carboxylic acids is 1. The second-order valence-electron chi connectivity index (χ2n) is 13.2. The van der Waals surface area contributed by atoms with Crippen LogP contribution in [0.5, 0.6) is 0 Å². The van der Waals surface area contributed by atoms with E-state index in [0.717, 1.165) is 6.92 Å². The van der Waals surface area contributed by atoms with Crippen LogP contribution in [0.2, 0.25) is 0 Å². The first kappa shape index (κ1) is 44.1. The maximum Gasteiger partial charge on any atom is 0.408 e. The van der Waals surface area contributed by atoms with Crippen molar-refractivity contribution in [3.05, 3.63) is 35.9 Å². The highest BCUT2D eigenvalue weighted by Crippen LogP contribution is 2.33. The Bertz CT molecular complexity index is 1420. The van der Waals surface area contributed by atoms with E-state index in [1.54, 1.807) is 30.3 Å². The quantitative estimate of drug-likeness (QED) is 0.0793. The number of amides is 3. The fraction of sp³-hybridized carbons (Fsp3) is 0.697. The summed E-state index contributed by atoms with van der Waals surface area (Å²) in [6.07, 6.45) is -22.7. The number of hydrogen-bond acceptors (Lipinski definition) is 18. The van der Waals surface area contributed by atoms with Crippen molar-refractivity contribution in [2.75, 3.05) is 19.8 Å².